The van der Waals surface area contributed by atoms with Gasteiger partial charge in [-0.25, -0.2) is 0 Å². The van der Waals surface area contributed by atoms with E-state index in [2.05, 4.69) is 22.0 Å². The molecule has 0 saturated heterocycles. The molecule has 1 aromatic carbocycles. The first-order chi connectivity index (χ1) is 7.66. The van der Waals surface area contributed by atoms with Gasteiger partial charge in [-0.2, -0.15) is 0 Å². The predicted octanol–water partition coefficient (Wildman–Crippen LogP) is 4.10. The first-order valence-electron chi connectivity index (χ1n) is 5.13. The van der Waals surface area contributed by atoms with Gasteiger partial charge in [-0.15, -0.1) is 11.3 Å². The third-order valence-electron chi connectivity index (χ3n) is 2.56. The van der Waals surface area contributed by atoms with E-state index in [1.165, 1.54) is 4.88 Å². The smallest absolute Gasteiger partial charge is 0.0840 e. The van der Waals surface area contributed by atoms with Gasteiger partial charge in [0.2, 0.25) is 0 Å². The number of rotatable bonds is 3. The monoisotopic (exact) mass is 296 g/mol. The molecule has 1 heterocycles. The Morgan fingerprint density at radius 2 is 2.12 bits per heavy atom. The maximum absolute atomic E-state index is 10.2. The number of hydrogen-bond donors (Lipinski definition) is 1. The van der Waals surface area contributed by atoms with Gasteiger partial charge >= 0.3 is 0 Å². The van der Waals surface area contributed by atoms with Crippen LogP contribution in [-0.4, -0.2) is 5.11 Å². The number of benzene rings is 1. The van der Waals surface area contributed by atoms with Crippen LogP contribution in [-0.2, 0) is 6.42 Å². The highest BCUT2D eigenvalue weighted by Gasteiger charge is 2.11. The lowest BCUT2D eigenvalue weighted by atomic mass is 10.0. The van der Waals surface area contributed by atoms with Crippen molar-refractivity contribution in [2.75, 3.05) is 0 Å². The van der Waals surface area contributed by atoms with Gasteiger partial charge in [0.05, 0.1) is 6.10 Å². The SMILES string of the molecule is Cc1ccccc1C(O)Cc1cc(Br)cs1. The van der Waals surface area contributed by atoms with Crippen molar-refractivity contribution < 1.29 is 5.11 Å². The third kappa shape index (κ3) is 2.73. The third-order valence-corrected chi connectivity index (χ3v) is 4.28. The normalized spacial score (nSPS) is 12.7. The maximum Gasteiger partial charge on any atom is 0.0840 e. The Bertz CT molecular complexity index is 478. The fourth-order valence-electron chi connectivity index (χ4n) is 1.72. The number of thiophene rings is 1. The zero-order chi connectivity index (χ0) is 11.5. The topological polar surface area (TPSA) is 20.2 Å². The summed E-state index contributed by atoms with van der Waals surface area (Å²) >= 11 is 5.09. The molecule has 2 aromatic rings. The van der Waals surface area contributed by atoms with E-state index >= 15 is 0 Å². The predicted molar refractivity (Wildman–Crippen MR) is 71.9 cm³/mol. The molecule has 16 heavy (non-hydrogen) atoms. The van der Waals surface area contributed by atoms with Crippen molar-refractivity contribution in [3.8, 4) is 0 Å². The van der Waals surface area contributed by atoms with Crippen molar-refractivity contribution in [3.05, 3.63) is 56.2 Å². The number of aryl methyl sites for hydroxylation is 1. The Kier molecular flexibility index (Phi) is 3.79. The van der Waals surface area contributed by atoms with Gasteiger partial charge in [0, 0.05) is 21.2 Å². The van der Waals surface area contributed by atoms with Crippen molar-refractivity contribution in [3.63, 3.8) is 0 Å². The molecule has 0 radical (unpaired) electrons. The summed E-state index contributed by atoms with van der Waals surface area (Å²) < 4.78 is 1.09. The summed E-state index contributed by atoms with van der Waals surface area (Å²) in [5.41, 5.74) is 2.16. The number of halogens is 1. The van der Waals surface area contributed by atoms with Crippen LogP contribution in [0, 0.1) is 6.92 Å². The van der Waals surface area contributed by atoms with E-state index in [0.717, 1.165) is 15.6 Å². The lowest BCUT2D eigenvalue weighted by Gasteiger charge is -2.12. The lowest BCUT2D eigenvalue weighted by molar-refractivity contribution is 0.178. The molecule has 0 fully saturated rings. The van der Waals surface area contributed by atoms with Crippen LogP contribution >= 0.6 is 27.3 Å². The van der Waals surface area contributed by atoms with Crippen molar-refractivity contribution in [1.29, 1.82) is 0 Å². The molecule has 1 nitrogen and oxygen atoms in total. The summed E-state index contributed by atoms with van der Waals surface area (Å²) in [6.45, 7) is 2.03. The van der Waals surface area contributed by atoms with Gasteiger partial charge in [-0.05, 0) is 40.0 Å². The molecule has 1 aromatic heterocycles. The minimum absolute atomic E-state index is 0.410. The van der Waals surface area contributed by atoms with Crippen LogP contribution in [0.3, 0.4) is 0 Å². The quantitative estimate of drug-likeness (QED) is 0.904. The largest absolute Gasteiger partial charge is 0.388 e. The molecule has 1 N–H and O–H groups in total. The van der Waals surface area contributed by atoms with Crippen molar-refractivity contribution >= 4 is 27.3 Å². The Balaban J connectivity index is 2.14. The number of aliphatic hydroxyl groups excluding tert-OH is 1. The molecule has 0 saturated carbocycles. The molecule has 0 aliphatic rings. The Morgan fingerprint density at radius 3 is 2.75 bits per heavy atom. The molecule has 2 rings (SSSR count). The van der Waals surface area contributed by atoms with Crippen LogP contribution in [0.5, 0.6) is 0 Å². The molecule has 84 valence electrons. The van der Waals surface area contributed by atoms with Crippen LogP contribution in [0.4, 0.5) is 0 Å². The van der Waals surface area contributed by atoms with Crippen molar-refractivity contribution in [1.82, 2.24) is 0 Å². The van der Waals surface area contributed by atoms with E-state index in [1.54, 1.807) is 11.3 Å². The van der Waals surface area contributed by atoms with Gasteiger partial charge in [-0.1, -0.05) is 24.3 Å². The fourth-order valence-corrected chi connectivity index (χ4v) is 3.21. The molecule has 0 bridgehead atoms. The summed E-state index contributed by atoms with van der Waals surface area (Å²) in [6.07, 6.45) is 0.271. The Hall–Kier alpha value is -0.640. The van der Waals surface area contributed by atoms with Crippen LogP contribution in [0.25, 0.3) is 0 Å². The van der Waals surface area contributed by atoms with Gasteiger partial charge in [0.25, 0.3) is 0 Å². The van der Waals surface area contributed by atoms with Gasteiger partial charge in [-0.3, -0.25) is 0 Å². The van der Waals surface area contributed by atoms with Gasteiger partial charge < -0.3 is 5.11 Å². The lowest BCUT2D eigenvalue weighted by Crippen LogP contribution is -2.02. The number of aliphatic hydroxyl groups is 1. The number of hydrogen-bond acceptors (Lipinski definition) is 2. The molecule has 0 amide bonds. The van der Waals surface area contributed by atoms with Crippen LogP contribution in [0.15, 0.2) is 40.2 Å². The Morgan fingerprint density at radius 1 is 1.38 bits per heavy atom. The minimum atomic E-state index is -0.410. The molecule has 1 atom stereocenters. The first kappa shape index (κ1) is 11.8. The molecular formula is C13H13BrOS. The molecule has 0 spiro atoms. The van der Waals surface area contributed by atoms with E-state index in [9.17, 15) is 5.11 Å². The van der Waals surface area contributed by atoms with E-state index in [0.29, 0.717) is 6.42 Å². The summed E-state index contributed by atoms with van der Waals surface area (Å²) in [4.78, 5) is 1.20. The fraction of sp³-hybridized carbons (Fsp3) is 0.231. The summed E-state index contributed by atoms with van der Waals surface area (Å²) in [7, 11) is 0. The van der Waals surface area contributed by atoms with E-state index in [1.807, 2.05) is 36.6 Å². The van der Waals surface area contributed by atoms with Crippen molar-refractivity contribution in [2.24, 2.45) is 0 Å². The van der Waals surface area contributed by atoms with Crippen molar-refractivity contribution in [2.45, 2.75) is 19.4 Å². The molecule has 0 aliphatic heterocycles. The molecular weight excluding hydrogens is 284 g/mol. The van der Waals surface area contributed by atoms with Gasteiger partial charge in [0.1, 0.15) is 0 Å². The highest BCUT2D eigenvalue weighted by molar-refractivity contribution is 9.10. The first-order valence-corrected chi connectivity index (χ1v) is 6.80. The average molecular weight is 297 g/mol. The van der Waals surface area contributed by atoms with E-state index in [4.69, 9.17) is 0 Å². The van der Waals surface area contributed by atoms with E-state index in [-0.39, 0.29) is 0 Å². The van der Waals surface area contributed by atoms with Crippen LogP contribution < -0.4 is 0 Å². The second-order valence-electron chi connectivity index (χ2n) is 3.81. The molecule has 1 unspecified atom stereocenters. The Labute approximate surface area is 108 Å². The maximum atomic E-state index is 10.2. The average Bonchev–Trinajstić information content (AvgIpc) is 2.64. The molecule has 0 aliphatic carbocycles. The second kappa shape index (κ2) is 5.13. The summed E-state index contributed by atoms with van der Waals surface area (Å²) in [6, 6.07) is 10.0. The van der Waals surface area contributed by atoms with Gasteiger partial charge in [0.15, 0.2) is 0 Å². The zero-order valence-electron chi connectivity index (χ0n) is 8.98. The zero-order valence-corrected chi connectivity index (χ0v) is 11.4. The molecule has 3 heteroatoms. The summed E-state index contributed by atoms with van der Waals surface area (Å²) in [5.74, 6) is 0. The highest BCUT2D eigenvalue weighted by Crippen LogP contribution is 2.26. The van der Waals surface area contributed by atoms with Crippen LogP contribution in [0.1, 0.15) is 22.1 Å². The van der Waals surface area contributed by atoms with Crippen LogP contribution in [0.2, 0.25) is 0 Å². The standard InChI is InChI=1S/C13H13BrOS/c1-9-4-2-3-5-12(9)13(15)7-11-6-10(14)8-16-11/h2-6,8,13,15H,7H2,1H3. The summed E-state index contributed by atoms with van der Waals surface area (Å²) in [5, 5.41) is 12.2. The highest BCUT2D eigenvalue weighted by atomic mass is 79.9. The second-order valence-corrected chi connectivity index (χ2v) is 5.72. The minimum Gasteiger partial charge on any atom is -0.388 e. The van der Waals surface area contributed by atoms with E-state index < -0.39 is 6.10 Å².